The van der Waals surface area contributed by atoms with E-state index >= 15 is 0 Å². The number of carbonyl (C=O) groups excluding carboxylic acids is 3. The SMILES string of the molecule is COC(=O)[C@H](CC(C)C)NC(=O)COC(=O)C1(c2ccccc2)CC1. The second kappa shape index (κ2) is 8.14. The van der Waals surface area contributed by atoms with E-state index < -0.39 is 35.9 Å². The Labute approximate surface area is 147 Å². The first kappa shape index (κ1) is 19.0. The van der Waals surface area contributed by atoms with Gasteiger partial charge in [0.2, 0.25) is 0 Å². The largest absolute Gasteiger partial charge is 0.467 e. The van der Waals surface area contributed by atoms with Crippen LogP contribution in [0, 0.1) is 5.92 Å². The molecule has 0 aromatic heterocycles. The average molecular weight is 347 g/mol. The molecule has 1 aromatic carbocycles. The van der Waals surface area contributed by atoms with E-state index in [0.29, 0.717) is 6.42 Å². The molecule has 1 N–H and O–H groups in total. The summed E-state index contributed by atoms with van der Waals surface area (Å²) in [6.07, 6.45) is 1.89. The van der Waals surface area contributed by atoms with Crippen LogP contribution in [0.5, 0.6) is 0 Å². The summed E-state index contributed by atoms with van der Waals surface area (Å²) in [6, 6.07) is 8.69. The van der Waals surface area contributed by atoms with E-state index in [0.717, 1.165) is 18.4 Å². The van der Waals surface area contributed by atoms with E-state index in [1.54, 1.807) is 0 Å². The monoisotopic (exact) mass is 347 g/mol. The number of hydrogen-bond acceptors (Lipinski definition) is 5. The number of rotatable bonds is 8. The Morgan fingerprint density at radius 1 is 1.16 bits per heavy atom. The van der Waals surface area contributed by atoms with Gasteiger partial charge in [0, 0.05) is 0 Å². The van der Waals surface area contributed by atoms with E-state index in [4.69, 9.17) is 9.47 Å². The average Bonchev–Trinajstić information content (AvgIpc) is 3.40. The minimum atomic E-state index is -0.736. The molecule has 1 aromatic rings. The van der Waals surface area contributed by atoms with Crippen LogP contribution in [0.25, 0.3) is 0 Å². The van der Waals surface area contributed by atoms with Crippen molar-refractivity contribution in [1.82, 2.24) is 5.32 Å². The van der Waals surface area contributed by atoms with Gasteiger partial charge in [0.15, 0.2) is 6.61 Å². The summed E-state index contributed by atoms with van der Waals surface area (Å²) in [5.41, 5.74) is 0.286. The summed E-state index contributed by atoms with van der Waals surface area (Å²) in [6.45, 7) is 3.48. The summed E-state index contributed by atoms with van der Waals surface area (Å²) >= 11 is 0. The molecule has 0 unspecified atom stereocenters. The molecule has 1 aliphatic carbocycles. The van der Waals surface area contributed by atoms with Gasteiger partial charge in [0.05, 0.1) is 12.5 Å². The maximum Gasteiger partial charge on any atom is 0.328 e. The van der Waals surface area contributed by atoms with Gasteiger partial charge in [-0.3, -0.25) is 9.59 Å². The van der Waals surface area contributed by atoms with E-state index in [9.17, 15) is 14.4 Å². The molecule has 0 heterocycles. The van der Waals surface area contributed by atoms with Gasteiger partial charge in [-0.2, -0.15) is 0 Å². The number of benzene rings is 1. The number of nitrogens with one attached hydrogen (secondary N) is 1. The highest BCUT2D eigenvalue weighted by molar-refractivity contribution is 5.90. The number of esters is 2. The van der Waals surface area contributed by atoms with Crippen molar-refractivity contribution >= 4 is 17.8 Å². The number of ether oxygens (including phenoxy) is 2. The first-order valence-electron chi connectivity index (χ1n) is 8.49. The first-order chi connectivity index (χ1) is 11.9. The Morgan fingerprint density at radius 3 is 2.32 bits per heavy atom. The van der Waals surface area contributed by atoms with Crippen molar-refractivity contribution in [1.29, 1.82) is 0 Å². The van der Waals surface area contributed by atoms with Gasteiger partial charge in [0.1, 0.15) is 6.04 Å². The Balaban J connectivity index is 1.89. The molecule has 0 spiro atoms. The molecule has 6 nitrogen and oxygen atoms in total. The quantitative estimate of drug-likeness (QED) is 0.727. The second-order valence-corrected chi connectivity index (χ2v) is 6.80. The molecule has 0 bridgehead atoms. The van der Waals surface area contributed by atoms with Gasteiger partial charge >= 0.3 is 11.9 Å². The fourth-order valence-corrected chi connectivity index (χ4v) is 2.83. The molecule has 6 heteroatoms. The fraction of sp³-hybridized carbons (Fsp3) is 0.526. The molecule has 1 saturated carbocycles. The maximum absolute atomic E-state index is 12.4. The van der Waals surface area contributed by atoms with Crippen LogP contribution >= 0.6 is 0 Å². The van der Waals surface area contributed by atoms with Crippen LogP contribution in [-0.2, 0) is 29.3 Å². The zero-order valence-electron chi connectivity index (χ0n) is 14.9. The highest BCUT2D eigenvalue weighted by Crippen LogP contribution is 2.49. The predicted molar refractivity (Wildman–Crippen MR) is 91.7 cm³/mol. The van der Waals surface area contributed by atoms with Gasteiger partial charge in [0.25, 0.3) is 5.91 Å². The molecular formula is C19H25NO5. The maximum atomic E-state index is 12.4. The minimum Gasteiger partial charge on any atom is -0.467 e. The minimum absolute atomic E-state index is 0.208. The molecule has 0 saturated heterocycles. The third kappa shape index (κ3) is 4.81. The van der Waals surface area contributed by atoms with Crippen molar-refractivity contribution < 1.29 is 23.9 Å². The lowest BCUT2D eigenvalue weighted by molar-refractivity contribution is -0.152. The van der Waals surface area contributed by atoms with Crippen LogP contribution in [0.15, 0.2) is 30.3 Å². The lowest BCUT2D eigenvalue weighted by Crippen LogP contribution is -2.44. The standard InChI is InChI=1S/C19H25NO5/c1-13(2)11-15(17(22)24-3)20-16(21)12-25-18(23)19(9-10-19)14-7-5-4-6-8-14/h4-8,13,15H,9-12H2,1-3H3,(H,20,21)/t15-/m0/s1. The topological polar surface area (TPSA) is 81.7 Å². The lowest BCUT2D eigenvalue weighted by atomic mass is 9.96. The molecular weight excluding hydrogens is 322 g/mol. The van der Waals surface area contributed by atoms with Gasteiger partial charge in [-0.05, 0) is 30.7 Å². The van der Waals surface area contributed by atoms with E-state index in [1.165, 1.54) is 7.11 Å². The van der Waals surface area contributed by atoms with Gasteiger partial charge in [-0.1, -0.05) is 44.2 Å². The van der Waals surface area contributed by atoms with Crippen molar-refractivity contribution in [2.45, 2.75) is 44.6 Å². The fourth-order valence-electron chi connectivity index (χ4n) is 2.83. The summed E-state index contributed by atoms with van der Waals surface area (Å²) in [7, 11) is 1.28. The molecule has 1 aliphatic rings. The van der Waals surface area contributed by atoms with Crippen LogP contribution in [0.1, 0.15) is 38.7 Å². The number of amides is 1. The van der Waals surface area contributed by atoms with Gasteiger partial charge in [-0.15, -0.1) is 0 Å². The number of methoxy groups -OCH3 is 1. The molecule has 0 radical (unpaired) electrons. The first-order valence-corrected chi connectivity index (χ1v) is 8.49. The molecule has 2 rings (SSSR count). The van der Waals surface area contributed by atoms with E-state index in [1.807, 2.05) is 44.2 Å². The van der Waals surface area contributed by atoms with Crippen molar-refractivity contribution in [3.05, 3.63) is 35.9 Å². The number of hydrogen-bond donors (Lipinski definition) is 1. The normalized spacial score (nSPS) is 16.0. The number of carbonyl (C=O) groups is 3. The van der Waals surface area contributed by atoms with Crippen LogP contribution in [0.3, 0.4) is 0 Å². The summed E-state index contributed by atoms with van der Waals surface area (Å²) in [4.78, 5) is 36.2. The Kier molecular flexibility index (Phi) is 6.17. The van der Waals surface area contributed by atoms with Crippen LogP contribution in [0.2, 0.25) is 0 Å². The van der Waals surface area contributed by atoms with Crippen LogP contribution < -0.4 is 5.32 Å². The summed E-state index contributed by atoms with van der Waals surface area (Å²) < 4.78 is 9.90. The summed E-state index contributed by atoms with van der Waals surface area (Å²) in [5, 5.41) is 2.58. The second-order valence-electron chi connectivity index (χ2n) is 6.80. The van der Waals surface area contributed by atoms with Gasteiger partial charge in [-0.25, -0.2) is 4.79 Å². The highest BCUT2D eigenvalue weighted by Gasteiger charge is 2.52. The molecule has 1 fully saturated rings. The zero-order valence-corrected chi connectivity index (χ0v) is 14.9. The van der Waals surface area contributed by atoms with Crippen LogP contribution in [0.4, 0.5) is 0 Å². The molecule has 1 amide bonds. The zero-order chi connectivity index (χ0) is 18.4. The molecule has 1 atom stereocenters. The van der Waals surface area contributed by atoms with Gasteiger partial charge < -0.3 is 14.8 Å². The Hall–Kier alpha value is -2.37. The summed E-state index contributed by atoms with van der Waals surface area (Å²) in [5.74, 6) is -1.20. The molecule has 0 aliphatic heterocycles. The van der Waals surface area contributed by atoms with E-state index in [-0.39, 0.29) is 5.92 Å². The Bertz CT molecular complexity index is 622. The predicted octanol–water partition coefficient (Wildman–Crippen LogP) is 1.97. The molecule has 25 heavy (non-hydrogen) atoms. The smallest absolute Gasteiger partial charge is 0.328 e. The molecule has 136 valence electrons. The Morgan fingerprint density at radius 2 is 1.80 bits per heavy atom. The van der Waals surface area contributed by atoms with Crippen molar-refractivity contribution in [3.63, 3.8) is 0 Å². The van der Waals surface area contributed by atoms with Crippen molar-refractivity contribution in [3.8, 4) is 0 Å². The van der Waals surface area contributed by atoms with Crippen molar-refractivity contribution in [2.75, 3.05) is 13.7 Å². The van der Waals surface area contributed by atoms with Crippen molar-refractivity contribution in [2.24, 2.45) is 5.92 Å². The van der Waals surface area contributed by atoms with Crippen LogP contribution in [-0.4, -0.2) is 37.6 Å². The highest BCUT2D eigenvalue weighted by atomic mass is 16.5. The third-order valence-electron chi connectivity index (χ3n) is 4.33. The van der Waals surface area contributed by atoms with E-state index in [2.05, 4.69) is 5.32 Å². The lowest BCUT2D eigenvalue weighted by Gasteiger charge is -2.19. The third-order valence-corrected chi connectivity index (χ3v) is 4.33.